The van der Waals surface area contributed by atoms with Crippen molar-refractivity contribution in [3.05, 3.63) is 0 Å². The van der Waals surface area contributed by atoms with Crippen molar-refractivity contribution in [2.75, 3.05) is 26.7 Å². The number of rotatable bonds is 12. The van der Waals surface area contributed by atoms with Gasteiger partial charge in [0.1, 0.15) is 0 Å². The number of hydrogen-bond acceptors (Lipinski definition) is 3. The molecule has 0 aromatic rings. The Hall–Kier alpha value is -0.120. The molecule has 0 aromatic heterocycles. The van der Waals surface area contributed by atoms with E-state index in [0.717, 1.165) is 13.1 Å². The third-order valence-corrected chi connectivity index (χ3v) is 6.86. The summed E-state index contributed by atoms with van der Waals surface area (Å²) in [7, 11) is 2.28. The van der Waals surface area contributed by atoms with E-state index in [9.17, 15) is 0 Å². The van der Waals surface area contributed by atoms with Crippen molar-refractivity contribution in [1.82, 2.24) is 15.5 Å². The van der Waals surface area contributed by atoms with Crippen LogP contribution in [0.15, 0.2) is 0 Å². The molecule has 0 saturated heterocycles. The van der Waals surface area contributed by atoms with Crippen LogP contribution in [0, 0.1) is 10.8 Å². The first-order chi connectivity index (χ1) is 13.3. The molecule has 0 radical (unpaired) electrons. The normalized spacial score (nSPS) is 14.6. The molecule has 0 rings (SSSR count). The Balaban J connectivity index is 5.20. The smallest absolute Gasteiger partial charge is 0.0122 e. The van der Waals surface area contributed by atoms with Crippen LogP contribution in [0.1, 0.15) is 122 Å². The summed E-state index contributed by atoms with van der Waals surface area (Å²) < 4.78 is 0. The molecule has 0 aromatic carbocycles. The topological polar surface area (TPSA) is 27.3 Å². The molecular weight excluding hydrogens is 366 g/mol. The Morgan fingerprint density at radius 1 is 0.567 bits per heavy atom. The van der Waals surface area contributed by atoms with Crippen molar-refractivity contribution in [2.45, 2.75) is 138 Å². The van der Waals surface area contributed by atoms with Gasteiger partial charge in [0.2, 0.25) is 0 Å². The van der Waals surface area contributed by atoms with E-state index in [2.05, 4.69) is 106 Å². The van der Waals surface area contributed by atoms with Gasteiger partial charge in [-0.1, -0.05) is 20.8 Å². The van der Waals surface area contributed by atoms with E-state index in [1.165, 1.54) is 45.1 Å². The number of nitrogens with one attached hydrogen (secondary N) is 2. The minimum absolute atomic E-state index is 0.205. The molecule has 0 aliphatic heterocycles. The first-order valence-electron chi connectivity index (χ1n) is 12.5. The van der Waals surface area contributed by atoms with Gasteiger partial charge < -0.3 is 15.5 Å². The SMILES string of the molecule is CN(CCCC(CCCNC(C)(C)C)(CCCNC(C)(C)C)C(C)(C)C)C(C)(C)C. The lowest BCUT2D eigenvalue weighted by atomic mass is 9.59. The first-order valence-corrected chi connectivity index (χ1v) is 12.5. The van der Waals surface area contributed by atoms with Gasteiger partial charge in [0.25, 0.3) is 0 Å². The van der Waals surface area contributed by atoms with E-state index in [1.807, 2.05) is 0 Å². The summed E-state index contributed by atoms with van der Waals surface area (Å²) in [4.78, 5) is 2.52. The lowest BCUT2D eigenvalue weighted by Crippen LogP contribution is -2.42. The lowest BCUT2D eigenvalue weighted by Gasteiger charge is -2.47. The highest BCUT2D eigenvalue weighted by Gasteiger charge is 2.40. The van der Waals surface area contributed by atoms with E-state index in [-0.39, 0.29) is 16.6 Å². The van der Waals surface area contributed by atoms with Crippen LogP contribution in [0.4, 0.5) is 0 Å². The minimum Gasteiger partial charge on any atom is -0.312 e. The van der Waals surface area contributed by atoms with E-state index >= 15 is 0 Å². The number of hydrogen-bond donors (Lipinski definition) is 2. The highest BCUT2D eigenvalue weighted by Crippen LogP contribution is 2.49. The molecule has 0 amide bonds. The van der Waals surface area contributed by atoms with Gasteiger partial charge in [-0.15, -0.1) is 0 Å². The van der Waals surface area contributed by atoms with Crippen LogP contribution in [-0.2, 0) is 0 Å². The average molecular weight is 426 g/mol. The van der Waals surface area contributed by atoms with Crippen molar-refractivity contribution in [3.8, 4) is 0 Å². The molecule has 0 saturated carbocycles. The highest BCUT2D eigenvalue weighted by atomic mass is 15.1. The second-order valence-electron chi connectivity index (χ2n) is 13.8. The average Bonchev–Trinajstić information content (AvgIpc) is 2.50. The Morgan fingerprint density at radius 3 is 1.23 bits per heavy atom. The van der Waals surface area contributed by atoms with E-state index in [4.69, 9.17) is 0 Å². The summed E-state index contributed by atoms with van der Waals surface area (Å²) in [5.74, 6) is 0. The molecule has 0 unspecified atom stereocenters. The Morgan fingerprint density at radius 2 is 0.933 bits per heavy atom. The van der Waals surface area contributed by atoms with Crippen LogP contribution < -0.4 is 10.6 Å². The van der Waals surface area contributed by atoms with Gasteiger partial charge in [0.05, 0.1) is 0 Å². The molecular formula is C27H59N3. The predicted molar refractivity (Wildman–Crippen MR) is 137 cm³/mol. The van der Waals surface area contributed by atoms with Crippen LogP contribution >= 0.6 is 0 Å². The zero-order valence-corrected chi connectivity index (χ0v) is 23.3. The van der Waals surface area contributed by atoms with Crippen LogP contribution in [0.5, 0.6) is 0 Å². The molecule has 3 nitrogen and oxygen atoms in total. The Bertz CT molecular complexity index is 432. The lowest BCUT2D eigenvalue weighted by molar-refractivity contribution is 0.0383. The molecule has 0 atom stereocenters. The molecule has 0 aliphatic rings. The fraction of sp³-hybridized carbons (Fsp3) is 1.00. The first kappa shape index (κ1) is 29.9. The Kier molecular flexibility index (Phi) is 11.6. The molecule has 30 heavy (non-hydrogen) atoms. The van der Waals surface area contributed by atoms with Crippen molar-refractivity contribution >= 4 is 0 Å². The summed E-state index contributed by atoms with van der Waals surface area (Å²) in [6, 6.07) is 0. The second kappa shape index (κ2) is 11.7. The molecule has 0 aliphatic carbocycles. The fourth-order valence-electron chi connectivity index (χ4n) is 4.27. The van der Waals surface area contributed by atoms with Crippen molar-refractivity contribution in [3.63, 3.8) is 0 Å². The molecule has 3 heteroatoms. The summed E-state index contributed by atoms with van der Waals surface area (Å²) in [5.41, 5.74) is 1.37. The maximum atomic E-state index is 3.71. The van der Waals surface area contributed by atoms with Crippen molar-refractivity contribution in [2.24, 2.45) is 10.8 Å². The minimum atomic E-state index is 0.205. The van der Waals surface area contributed by atoms with Crippen LogP contribution in [0.2, 0.25) is 0 Å². The zero-order valence-electron chi connectivity index (χ0n) is 23.3. The molecule has 0 bridgehead atoms. The van der Waals surface area contributed by atoms with E-state index < -0.39 is 0 Å². The van der Waals surface area contributed by atoms with Gasteiger partial charge in [0.15, 0.2) is 0 Å². The summed E-state index contributed by atoms with van der Waals surface area (Å²) >= 11 is 0. The second-order valence-corrected chi connectivity index (χ2v) is 13.8. The largest absolute Gasteiger partial charge is 0.312 e. The van der Waals surface area contributed by atoms with E-state index in [0.29, 0.717) is 10.8 Å². The quantitative estimate of drug-likeness (QED) is 0.334. The summed E-state index contributed by atoms with van der Waals surface area (Å²) in [6.45, 7) is 31.4. The van der Waals surface area contributed by atoms with Gasteiger partial charge in [-0.3, -0.25) is 0 Å². The van der Waals surface area contributed by atoms with Crippen LogP contribution in [0.25, 0.3) is 0 Å². The van der Waals surface area contributed by atoms with Crippen molar-refractivity contribution in [1.29, 1.82) is 0 Å². The highest BCUT2D eigenvalue weighted by molar-refractivity contribution is 4.91. The number of nitrogens with zero attached hydrogens (tertiary/aromatic N) is 1. The van der Waals surface area contributed by atoms with Gasteiger partial charge in [0, 0.05) is 16.6 Å². The molecule has 0 spiro atoms. The van der Waals surface area contributed by atoms with Gasteiger partial charge in [-0.25, -0.2) is 0 Å². The summed E-state index contributed by atoms with van der Waals surface area (Å²) in [6.07, 6.45) is 7.75. The van der Waals surface area contributed by atoms with Gasteiger partial charge in [-0.05, 0) is 138 Å². The predicted octanol–water partition coefficient (Wildman–Crippen LogP) is 6.87. The monoisotopic (exact) mass is 425 g/mol. The molecule has 0 heterocycles. The summed E-state index contributed by atoms with van der Waals surface area (Å²) in [5, 5.41) is 7.41. The molecule has 0 fully saturated rings. The standard InChI is InChI=1S/C27H59N3/c1-23(2,3)27(17-14-20-28-24(4,5)6,18-15-21-29-25(7,8)9)19-16-22-30(13)26(10,11)12/h28-29H,14-22H2,1-13H3. The zero-order chi connectivity index (χ0) is 23.9. The molecule has 2 N–H and O–H groups in total. The van der Waals surface area contributed by atoms with Gasteiger partial charge in [-0.2, -0.15) is 0 Å². The van der Waals surface area contributed by atoms with Crippen molar-refractivity contribution < 1.29 is 0 Å². The third kappa shape index (κ3) is 12.7. The maximum Gasteiger partial charge on any atom is 0.0122 e. The van der Waals surface area contributed by atoms with E-state index in [1.54, 1.807) is 0 Å². The third-order valence-electron chi connectivity index (χ3n) is 6.86. The van der Waals surface area contributed by atoms with Gasteiger partial charge >= 0.3 is 0 Å². The Labute approximate surface area is 191 Å². The maximum absolute atomic E-state index is 3.71. The molecule has 182 valence electrons. The fourth-order valence-corrected chi connectivity index (χ4v) is 4.27. The van der Waals surface area contributed by atoms with Crippen LogP contribution in [0.3, 0.4) is 0 Å². The van der Waals surface area contributed by atoms with Crippen LogP contribution in [-0.4, -0.2) is 48.2 Å².